The van der Waals surface area contributed by atoms with Gasteiger partial charge in [-0.25, -0.2) is 0 Å². The molecule has 4 bridgehead atoms. The number of carbonyl (C=O) groups excluding carboxylic acids is 3. The minimum Gasteiger partial charge on any atom is -0.456 e. The second-order valence-electron chi connectivity index (χ2n) is 7.85. The third-order valence-corrected chi connectivity index (χ3v) is 5.87. The molecule has 33 heavy (non-hydrogen) atoms. The molecule has 0 saturated carbocycles. The Balaban J connectivity index is 0.00000122. The van der Waals surface area contributed by atoms with E-state index in [1.54, 1.807) is 25.3 Å². The quantitative estimate of drug-likeness (QED) is 0.447. The molecule has 3 rings (SSSR count). The van der Waals surface area contributed by atoms with Crippen LogP contribution < -0.4 is 10.6 Å². The number of amides is 2. The van der Waals surface area contributed by atoms with E-state index < -0.39 is 17.6 Å². The van der Waals surface area contributed by atoms with Crippen molar-refractivity contribution in [3.8, 4) is 0 Å². The van der Waals surface area contributed by atoms with Crippen LogP contribution in [0, 0.1) is 0 Å². The van der Waals surface area contributed by atoms with Crippen molar-refractivity contribution in [1.29, 1.82) is 0 Å². The average molecular weight is 477 g/mol. The first-order chi connectivity index (χ1) is 15.8. The summed E-state index contributed by atoms with van der Waals surface area (Å²) in [4.78, 5) is 46.0. The third-order valence-electron chi connectivity index (χ3n) is 4.57. The highest BCUT2D eigenvalue weighted by Crippen LogP contribution is 2.31. The van der Waals surface area contributed by atoms with Gasteiger partial charge in [0.25, 0.3) is 0 Å². The monoisotopic (exact) mass is 476 g/mol. The van der Waals surface area contributed by atoms with E-state index in [0.717, 1.165) is 5.56 Å². The van der Waals surface area contributed by atoms with E-state index >= 15 is 0 Å². The minimum atomic E-state index is -0.991. The van der Waals surface area contributed by atoms with Gasteiger partial charge in [-0.15, -0.1) is 11.8 Å². The van der Waals surface area contributed by atoms with Gasteiger partial charge < -0.3 is 20.5 Å². The second-order valence-corrected chi connectivity index (χ2v) is 8.82. The number of carbonyl (C=O) groups is 3. The lowest BCUT2D eigenvalue weighted by Gasteiger charge is -2.19. The Morgan fingerprint density at radius 2 is 2.03 bits per heavy atom. The fourth-order valence-corrected chi connectivity index (χ4v) is 4.11. The largest absolute Gasteiger partial charge is 0.456 e. The summed E-state index contributed by atoms with van der Waals surface area (Å²) < 4.78 is 5.33. The van der Waals surface area contributed by atoms with E-state index in [1.165, 1.54) is 18.2 Å². The van der Waals surface area contributed by atoms with Crippen LogP contribution in [0.4, 0.5) is 0 Å². The molecule has 0 spiro atoms. The number of aromatic nitrogens is 1. The van der Waals surface area contributed by atoms with Crippen LogP contribution in [0.3, 0.4) is 0 Å². The highest BCUT2D eigenvalue weighted by Gasteiger charge is 2.38. The standard InChI is InChI=1S/C20H24N4O5S.C3H8/c1-20-12-30-18(24-20)13-5-6-21-14(8-13)10-22-16(26)9-15(4-2-3-7-25)29-17(27)11-23-19(20)28;1-3-2/h2,4-6,8,15,25H,3,7,9-12H2,1H3,(H,22,26)(H,23,28);3H2,1-2H3/b4-2+;. The zero-order valence-corrected chi connectivity index (χ0v) is 20.1. The van der Waals surface area contributed by atoms with Crippen molar-refractivity contribution in [3.05, 3.63) is 41.7 Å². The summed E-state index contributed by atoms with van der Waals surface area (Å²) in [6, 6.07) is 3.64. The number of nitrogens with zero attached hydrogens (tertiary/aromatic N) is 2. The van der Waals surface area contributed by atoms with Crippen LogP contribution in [0.25, 0.3) is 0 Å². The Hall–Kier alpha value is -2.72. The smallest absolute Gasteiger partial charge is 0.326 e. The Morgan fingerprint density at radius 1 is 1.27 bits per heavy atom. The number of aliphatic imine (C=N–C) groups is 1. The zero-order chi connectivity index (χ0) is 24.3. The zero-order valence-electron chi connectivity index (χ0n) is 19.3. The SMILES string of the molecule is CC12CSC(=N1)c1ccnc(c1)CNC(=O)CC(/C=C/CCO)OC(=O)CNC2=O.CCC. The summed E-state index contributed by atoms with van der Waals surface area (Å²) >= 11 is 1.46. The molecule has 0 aromatic carbocycles. The van der Waals surface area contributed by atoms with Crippen molar-refractivity contribution in [2.45, 2.75) is 58.2 Å². The van der Waals surface area contributed by atoms with Crippen LogP contribution in [0.2, 0.25) is 0 Å². The fraction of sp³-hybridized carbons (Fsp3) is 0.522. The van der Waals surface area contributed by atoms with Crippen LogP contribution in [0.1, 0.15) is 51.3 Å². The van der Waals surface area contributed by atoms with Gasteiger partial charge >= 0.3 is 5.97 Å². The molecule has 2 amide bonds. The molecule has 10 heteroatoms. The topological polar surface area (TPSA) is 130 Å². The number of thioether (sulfide) groups is 1. The summed E-state index contributed by atoms with van der Waals surface area (Å²) in [5, 5.41) is 15.0. The van der Waals surface area contributed by atoms with Crippen molar-refractivity contribution in [1.82, 2.24) is 15.6 Å². The predicted octanol–water partition coefficient (Wildman–Crippen LogP) is 1.74. The number of ether oxygens (including phenoxy) is 1. The molecule has 1 aromatic rings. The highest BCUT2D eigenvalue weighted by atomic mass is 32.2. The molecule has 3 N–H and O–H groups in total. The van der Waals surface area contributed by atoms with E-state index in [4.69, 9.17) is 9.84 Å². The summed E-state index contributed by atoms with van der Waals surface area (Å²) in [5.74, 6) is -0.893. The van der Waals surface area contributed by atoms with E-state index in [0.29, 0.717) is 22.9 Å². The van der Waals surface area contributed by atoms with Crippen LogP contribution in [0.5, 0.6) is 0 Å². The second kappa shape index (κ2) is 13.1. The molecule has 1 aromatic heterocycles. The molecule has 9 nitrogen and oxygen atoms in total. The van der Waals surface area contributed by atoms with Gasteiger partial charge in [0.05, 0.1) is 23.7 Å². The molecule has 0 fully saturated rings. The van der Waals surface area contributed by atoms with Crippen LogP contribution in [-0.2, 0) is 25.7 Å². The molecular weight excluding hydrogens is 444 g/mol. The number of esters is 1. The number of cyclic esters (lactones) is 1. The van der Waals surface area contributed by atoms with Gasteiger partial charge in [-0.05, 0) is 31.6 Å². The summed E-state index contributed by atoms with van der Waals surface area (Å²) in [6.45, 7) is 5.80. The Labute approximate surface area is 198 Å². The number of fused-ring (bicyclic) bond motifs is 4. The Morgan fingerprint density at radius 3 is 2.76 bits per heavy atom. The maximum atomic E-state index is 12.6. The van der Waals surface area contributed by atoms with Gasteiger partial charge in [-0.3, -0.25) is 24.4 Å². The number of pyridine rings is 1. The normalized spacial score (nSPS) is 23.7. The molecular formula is C23H32N4O5S. The molecule has 0 aliphatic carbocycles. The van der Waals surface area contributed by atoms with Crippen molar-refractivity contribution < 1.29 is 24.2 Å². The average Bonchev–Trinajstić information content (AvgIpc) is 3.20. The van der Waals surface area contributed by atoms with Gasteiger partial charge in [0.2, 0.25) is 11.8 Å². The summed E-state index contributed by atoms with van der Waals surface area (Å²) in [7, 11) is 0. The van der Waals surface area contributed by atoms with Crippen molar-refractivity contribution in [3.63, 3.8) is 0 Å². The summed E-state index contributed by atoms with van der Waals surface area (Å²) in [6.07, 6.45) is 5.57. The van der Waals surface area contributed by atoms with Gasteiger partial charge in [-0.2, -0.15) is 0 Å². The van der Waals surface area contributed by atoms with Crippen molar-refractivity contribution in [2.75, 3.05) is 18.9 Å². The van der Waals surface area contributed by atoms with Crippen molar-refractivity contribution in [2.24, 2.45) is 4.99 Å². The van der Waals surface area contributed by atoms with Gasteiger partial charge in [-0.1, -0.05) is 26.3 Å². The first kappa shape index (κ1) is 26.5. The molecule has 2 atom stereocenters. The lowest BCUT2D eigenvalue weighted by Crippen LogP contribution is -2.46. The lowest BCUT2D eigenvalue weighted by atomic mass is 10.1. The number of hydrogen-bond acceptors (Lipinski definition) is 8. The van der Waals surface area contributed by atoms with E-state index in [-0.39, 0.29) is 37.9 Å². The van der Waals surface area contributed by atoms with Gasteiger partial charge in [0, 0.05) is 24.1 Å². The van der Waals surface area contributed by atoms with Gasteiger partial charge in [0.1, 0.15) is 18.2 Å². The van der Waals surface area contributed by atoms with E-state index in [1.807, 2.05) is 12.1 Å². The van der Waals surface area contributed by atoms with E-state index in [9.17, 15) is 14.4 Å². The van der Waals surface area contributed by atoms with Crippen LogP contribution >= 0.6 is 11.8 Å². The number of aliphatic hydroxyl groups is 1. The highest BCUT2D eigenvalue weighted by molar-refractivity contribution is 8.14. The van der Waals surface area contributed by atoms with Crippen LogP contribution in [0.15, 0.2) is 35.5 Å². The lowest BCUT2D eigenvalue weighted by molar-refractivity contribution is -0.148. The van der Waals surface area contributed by atoms with Crippen LogP contribution in [-0.4, -0.2) is 63.5 Å². The molecule has 2 unspecified atom stereocenters. The third kappa shape index (κ3) is 8.29. The predicted molar refractivity (Wildman–Crippen MR) is 128 cm³/mol. The Kier molecular flexibility index (Phi) is 10.5. The Bertz CT molecular complexity index is 905. The molecule has 0 radical (unpaired) electrons. The number of hydrogen-bond donors (Lipinski definition) is 3. The molecule has 3 heterocycles. The maximum absolute atomic E-state index is 12.6. The molecule has 2 aliphatic heterocycles. The molecule has 0 saturated heterocycles. The number of rotatable bonds is 3. The summed E-state index contributed by atoms with van der Waals surface area (Å²) in [5.41, 5.74) is 0.487. The maximum Gasteiger partial charge on any atom is 0.326 e. The fourth-order valence-electron chi connectivity index (χ4n) is 2.94. The first-order valence-corrected chi connectivity index (χ1v) is 12.0. The molecule has 2 aliphatic rings. The molecule has 180 valence electrons. The minimum absolute atomic E-state index is 0.0550. The number of nitrogens with one attached hydrogen (secondary N) is 2. The van der Waals surface area contributed by atoms with Gasteiger partial charge in [0.15, 0.2) is 0 Å². The van der Waals surface area contributed by atoms with E-state index in [2.05, 4.69) is 34.5 Å². The number of aliphatic hydroxyl groups excluding tert-OH is 1. The first-order valence-electron chi connectivity index (χ1n) is 11.0. The van der Waals surface area contributed by atoms with Crippen molar-refractivity contribution >= 4 is 34.6 Å².